The van der Waals surface area contributed by atoms with Crippen molar-refractivity contribution in [1.29, 1.82) is 0 Å². The molecule has 1 aromatic rings. The Bertz CT molecular complexity index is 774. The standard InChI is InChI=1S/C21H29N3O6S/c1-14(20(28)24-21(29)23-15-6-3-2-4-7-15)30-19(27)11-12-22-18(26)10-9-16(25)17-8-5-13-31-17/h5,8,13-15H,2-4,6-7,9-12H2,1H3,(H,22,26)(H2,23,24,28,29). The summed E-state index contributed by atoms with van der Waals surface area (Å²) in [6.07, 6.45) is 3.89. The summed E-state index contributed by atoms with van der Waals surface area (Å²) in [7, 11) is 0. The fourth-order valence-electron chi connectivity index (χ4n) is 3.17. The summed E-state index contributed by atoms with van der Waals surface area (Å²) < 4.78 is 5.00. The van der Waals surface area contributed by atoms with Gasteiger partial charge in [0.15, 0.2) is 11.9 Å². The Kier molecular flexibility index (Phi) is 10.2. The number of ether oxygens (including phenoxy) is 1. The fourth-order valence-corrected chi connectivity index (χ4v) is 3.87. The minimum absolute atomic E-state index is 0.0285. The maximum absolute atomic E-state index is 12.0. The second kappa shape index (κ2) is 12.8. The molecule has 0 aliphatic heterocycles. The first-order valence-electron chi connectivity index (χ1n) is 10.5. The highest BCUT2D eigenvalue weighted by molar-refractivity contribution is 7.12. The minimum atomic E-state index is -1.14. The lowest BCUT2D eigenvalue weighted by atomic mass is 9.96. The van der Waals surface area contributed by atoms with Gasteiger partial charge in [-0.3, -0.25) is 24.5 Å². The molecule has 1 fully saturated rings. The van der Waals surface area contributed by atoms with E-state index in [9.17, 15) is 24.0 Å². The van der Waals surface area contributed by atoms with E-state index in [2.05, 4.69) is 16.0 Å². The molecule has 1 heterocycles. The molecule has 1 saturated carbocycles. The Labute approximate surface area is 185 Å². The van der Waals surface area contributed by atoms with Crippen LogP contribution in [-0.4, -0.2) is 48.3 Å². The summed E-state index contributed by atoms with van der Waals surface area (Å²) in [6.45, 7) is 1.40. The van der Waals surface area contributed by atoms with E-state index in [1.54, 1.807) is 17.5 Å². The van der Waals surface area contributed by atoms with Gasteiger partial charge in [0.1, 0.15) is 0 Å². The molecule has 1 unspecified atom stereocenters. The van der Waals surface area contributed by atoms with E-state index < -0.39 is 24.0 Å². The molecular weight excluding hydrogens is 422 g/mol. The van der Waals surface area contributed by atoms with Gasteiger partial charge in [0.25, 0.3) is 5.91 Å². The van der Waals surface area contributed by atoms with E-state index in [0.717, 1.165) is 32.1 Å². The third-order valence-corrected chi connectivity index (χ3v) is 5.79. The van der Waals surface area contributed by atoms with Crippen LogP contribution >= 0.6 is 11.3 Å². The highest BCUT2D eigenvalue weighted by atomic mass is 32.1. The fraction of sp³-hybridized carbons (Fsp3) is 0.571. The molecule has 170 valence electrons. The number of imide groups is 1. The zero-order valence-corrected chi connectivity index (χ0v) is 18.4. The molecule has 0 saturated heterocycles. The third kappa shape index (κ3) is 9.29. The zero-order valence-electron chi connectivity index (χ0n) is 17.6. The van der Waals surface area contributed by atoms with Crippen molar-refractivity contribution >= 4 is 40.9 Å². The molecule has 2 rings (SSSR count). The van der Waals surface area contributed by atoms with Crippen molar-refractivity contribution in [3.05, 3.63) is 22.4 Å². The summed E-state index contributed by atoms with van der Waals surface area (Å²) in [6, 6.07) is 2.94. The quantitative estimate of drug-likeness (QED) is 0.370. The molecular formula is C21H29N3O6S. The van der Waals surface area contributed by atoms with Crippen molar-refractivity contribution in [2.45, 2.75) is 70.4 Å². The average Bonchev–Trinajstić information content (AvgIpc) is 3.27. The number of hydrogen-bond acceptors (Lipinski definition) is 7. The van der Waals surface area contributed by atoms with E-state index >= 15 is 0 Å². The van der Waals surface area contributed by atoms with Crippen LogP contribution in [0, 0.1) is 0 Å². The predicted octanol–water partition coefficient (Wildman–Crippen LogP) is 2.31. The SMILES string of the molecule is CC(OC(=O)CCNC(=O)CCC(=O)c1cccs1)C(=O)NC(=O)NC1CCCCC1. The van der Waals surface area contributed by atoms with Crippen LogP contribution in [0.15, 0.2) is 17.5 Å². The maximum atomic E-state index is 12.0. The molecule has 0 spiro atoms. The Hall–Kier alpha value is -2.75. The van der Waals surface area contributed by atoms with Crippen molar-refractivity contribution in [2.75, 3.05) is 6.54 Å². The highest BCUT2D eigenvalue weighted by Crippen LogP contribution is 2.17. The number of carbonyl (C=O) groups is 5. The lowest BCUT2D eigenvalue weighted by Gasteiger charge is -2.23. The third-order valence-electron chi connectivity index (χ3n) is 4.88. The highest BCUT2D eigenvalue weighted by Gasteiger charge is 2.22. The average molecular weight is 452 g/mol. The van der Waals surface area contributed by atoms with Gasteiger partial charge >= 0.3 is 12.0 Å². The number of urea groups is 1. The van der Waals surface area contributed by atoms with Crippen molar-refractivity contribution in [2.24, 2.45) is 0 Å². The van der Waals surface area contributed by atoms with Gasteiger partial charge in [0.2, 0.25) is 5.91 Å². The molecule has 1 aliphatic carbocycles. The van der Waals surface area contributed by atoms with Crippen molar-refractivity contribution < 1.29 is 28.7 Å². The zero-order chi connectivity index (χ0) is 22.6. The number of thiophene rings is 1. The van der Waals surface area contributed by atoms with Gasteiger partial charge in [-0.15, -0.1) is 11.3 Å². The minimum Gasteiger partial charge on any atom is -0.452 e. The lowest BCUT2D eigenvalue weighted by Crippen LogP contribution is -2.48. The monoisotopic (exact) mass is 451 g/mol. The van der Waals surface area contributed by atoms with E-state index in [1.165, 1.54) is 18.3 Å². The Balaban J connectivity index is 1.57. The molecule has 4 amide bonds. The van der Waals surface area contributed by atoms with Gasteiger partial charge in [-0.1, -0.05) is 25.3 Å². The van der Waals surface area contributed by atoms with Crippen molar-refractivity contribution in [3.8, 4) is 0 Å². The van der Waals surface area contributed by atoms with E-state index in [4.69, 9.17) is 4.74 Å². The molecule has 1 aliphatic rings. The number of rotatable bonds is 10. The first kappa shape index (κ1) is 24.5. The van der Waals surface area contributed by atoms with Crippen LogP contribution in [0.3, 0.4) is 0 Å². The van der Waals surface area contributed by atoms with Crippen LogP contribution in [0.4, 0.5) is 4.79 Å². The van der Waals surface area contributed by atoms with E-state index in [-0.39, 0.29) is 43.5 Å². The topological polar surface area (TPSA) is 131 Å². The van der Waals surface area contributed by atoms with Gasteiger partial charge in [0, 0.05) is 25.4 Å². The predicted molar refractivity (Wildman–Crippen MR) is 115 cm³/mol. The summed E-state index contributed by atoms with van der Waals surface area (Å²) >= 11 is 1.32. The van der Waals surface area contributed by atoms with Gasteiger partial charge in [0.05, 0.1) is 11.3 Å². The van der Waals surface area contributed by atoms with Gasteiger partial charge in [-0.25, -0.2) is 4.79 Å². The normalized spacial score (nSPS) is 14.9. The summed E-state index contributed by atoms with van der Waals surface area (Å²) in [4.78, 5) is 60.0. The number of amides is 4. The molecule has 10 heteroatoms. The maximum Gasteiger partial charge on any atom is 0.321 e. The number of ketones is 1. The lowest BCUT2D eigenvalue weighted by molar-refractivity contribution is -0.154. The molecule has 9 nitrogen and oxygen atoms in total. The van der Waals surface area contributed by atoms with Crippen LogP contribution in [0.5, 0.6) is 0 Å². The summed E-state index contributed by atoms with van der Waals surface area (Å²) in [5.41, 5.74) is 0. The van der Waals surface area contributed by atoms with Crippen LogP contribution in [0.1, 0.15) is 68.0 Å². The van der Waals surface area contributed by atoms with Crippen LogP contribution in [-0.2, 0) is 19.1 Å². The Morgan fingerprint density at radius 1 is 1.10 bits per heavy atom. The first-order valence-corrected chi connectivity index (χ1v) is 11.4. The molecule has 1 atom stereocenters. The molecule has 0 radical (unpaired) electrons. The van der Waals surface area contributed by atoms with Crippen molar-refractivity contribution in [1.82, 2.24) is 16.0 Å². The summed E-state index contributed by atoms with van der Waals surface area (Å²) in [5.74, 6) is -1.83. The number of esters is 1. The van der Waals surface area contributed by atoms with Crippen LogP contribution in [0.2, 0.25) is 0 Å². The number of Topliss-reactive ketones (excluding diaryl/α,β-unsaturated/α-hetero) is 1. The van der Waals surface area contributed by atoms with E-state index in [1.807, 2.05) is 0 Å². The van der Waals surface area contributed by atoms with Gasteiger partial charge in [-0.05, 0) is 31.2 Å². The second-order valence-corrected chi connectivity index (χ2v) is 8.38. The number of hydrogen-bond donors (Lipinski definition) is 3. The molecule has 3 N–H and O–H groups in total. The van der Waals surface area contributed by atoms with Gasteiger partial charge in [-0.2, -0.15) is 0 Å². The number of carbonyl (C=O) groups excluding carboxylic acids is 5. The van der Waals surface area contributed by atoms with Crippen LogP contribution < -0.4 is 16.0 Å². The molecule has 0 aromatic carbocycles. The second-order valence-electron chi connectivity index (χ2n) is 7.43. The van der Waals surface area contributed by atoms with Gasteiger partial charge < -0.3 is 15.4 Å². The molecule has 0 bridgehead atoms. The first-order chi connectivity index (χ1) is 14.8. The van der Waals surface area contributed by atoms with Crippen LogP contribution in [0.25, 0.3) is 0 Å². The Morgan fingerprint density at radius 2 is 1.84 bits per heavy atom. The largest absolute Gasteiger partial charge is 0.452 e. The Morgan fingerprint density at radius 3 is 2.52 bits per heavy atom. The van der Waals surface area contributed by atoms with Crippen molar-refractivity contribution in [3.63, 3.8) is 0 Å². The van der Waals surface area contributed by atoms with E-state index in [0.29, 0.717) is 4.88 Å². The smallest absolute Gasteiger partial charge is 0.321 e. The summed E-state index contributed by atoms with van der Waals surface area (Å²) in [5, 5.41) is 9.27. The molecule has 1 aromatic heterocycles. The molecule has 31 heavy (non-hydrogen) atoms. The number of nitrogens with one attached hydrogen (secondary N) is 3.